The van der Waals surface area contributed by atoms with Gasteiger partial charge in [0.2, 0.25) is 0 Å². The van der Waals surface area contributed by atoms with Gasteiger partial charge in [0.15, 0.2) is 8.32 Å². The van der Waals surface area contributed by atoms with Crippen LogP contribution in [0.25, 0.3) is 0 Å². The fourth-order valence-corrected chi connectivity index (χ4v) is 7.29. The number of rotatable bonds is 12. The summed E-state index contributed by atoms with van der Waals surface area (Å²) in [5.74, 6) is -0.399. The van der Waals surface area contributed by atoms with Gasteiger partial charge in [0, 0.05) is 18.0 Å². The van der Waals surface area contributed by atoms with Gasteiger partial charge in [0.25, 0.3) is 0 Å². The lowest BCUT2D eigenvalue weighted by Crippen LogP contribution is -2.47. The Morgan fingerprint density at radius 2 is 1.58 bits per heavy atom. The molecule has 0 atom stereocenters. The maximum Gasteiger partial charge on any atom is 0.485 e. The van der Waals surface area contributed by atoms with Gasteiger partial charge < -0.3 is 23.2 Å². The Bertz CT molecular complexity index is 481. The summed E-state index contributed by atoms with van der Waals surface area (Å²) in [6, 6.07) is 0.270. The second-order valence-corrected chi connectivity index (χ2v) is 16.1. The molecule has 154 valence electrons. The van der Waals surface area contributed by atoms with E-state index in [2.05, 4.69) is 6.58 Å². The van der Waals surface area contributed by atoms with Crippen molar-refractivity contribution in [2.45, 2.75) is 90.8 Å². The highest BCUT2D eigenvalue weighted by Gasteiger charge is 2.37. The summed E-state index contributed by atoms with van der Waals surface area (Å²) >= 11 is 0. The van der Waals surface area contributed by atoms with Crippen molar-refractivity contribution in [3.05, 3.63) is 12.2 Å². The van der Waals surface area contributed by atoms with E-state index in [1.807, 2.05) is 47.3 Å². The summed E-state index contributed by atoms with van der Waals surface area (Å²) in [5, 5.41) is 0. The molecule has 0 unspecified atom stereocenters. The fourth-order valence-electron chi connectivity index (χ4n) is 2.32. The summed E-state index contributed by atoms with van der Waals surface area (Å²) in [6.45, 7) is 19.1. The van der Waals surface area contributed by atoms with Gasteiger partial charge in [-0.05, 0) is 67.1 Å². The van der Waals surface area contributed by atoms with Crippen LogP contribution in [0.4, 0.5) is 0 Å². The van der Waals surface area contributed by atoms with Gasteiger partial charge in [0.1, 0.15) is 5.60 Å². The lowest BCUT2D eigenvalue weighted by molar-refractivity contribution is -0.154. The molecule has 0 aliphatic heterocycles. The molecule has 8 heteroatoms. The Morgan fingerprint density at radius 1 is 1.04 bits per heavy atom. The molecule has 6 nitrogen and oxygen atoms in total. The molecular formula is C18H38O6Si2. The average Bonchev–Trinajstić information content (AvgIpc) is 2.33. The van der Waals surface area contributed by atoms with Gasteiger partial charge in [-0.2, -0.15) is 0 Å². The molecular weight excluding hydrogens is 368 g/mol. The normalized spacial score (nSPS) is 13.6. The molecule has 2 N–H and O–H groups in total. The minimum atomic E-state index is -3.59. The van der Waals surface area contributed by atoms with E-state index in [9.17, 15) is 14.4 Å². The van der Waals surface area contributed by atoms with Gasteiger partial charge in [-0.1, -0.05) is 6.58 Å². The summed E-state index contributed by atoms with van der Waals surface area (Å²) in [5.41, 5.74) is -0.659. The van der Waals surface area contributed by atoms with Crippen molar-refractivity contribution < 1.29 is 28.0 Å². The summed E-state index contributed by atoms with van der Waals surface area (Å²) in [4.78, 5) is 31.8. The zero-order chi connectivity index (χ0) is 20.8. The molecule has 0 bridgehead atoms. The molecule has 26 heavy (non-hydrogen) atoms. The van der Waals surface area contributed by atoms with Gasteiger partial charge in [0.05, 0.1) is 12.2 Å². The molecule has 0 spiro atoms. The number of esters is 1. The molecule has 0 rings (SSSR count). The number of hydrogen-bond donors (Lipinski definition) is 2. The van der Waals surface area contributed by atoms with Gasteiger partial charge >= 0.3 is 14.8 Å². The Hall–Kier alpha value is -0.516. The van der Waals surface area contributed by atoms with Crippen molar-refractivity contribution in [1.82, 2.24) is 0 Å². The van der Waals surface area contributed by atoms with Crippen LogP contribution in [0.1, 0.15) is 53.9 Å². The van der Waals surface area contributed by atoms with Gasteiger partial charge in [-0.15, -0.1) is 0 Å². The van der Waals surface area contributed by atoms with Crippen molar-refractivity contribution in [3.63, 3.8) is 0 Å². The quantitative estimate of drug-likeness (QED) is 0.292. The zero-order valence-corrected chi connectivity index (χ0v) is 19.8. The summed E-state index contributed by atoms with van der Waals surface area (Å²) < 4.78 is 16.8. The summed E-state index contributed by atoms with van der Waals surface area (Å²) in [6.07, 6.45) is 1.86. The Labute approximate surface area is 161 Å². The lowest BCUT2D eigenvalue weighted by Gasteiger charge is -2.31. The van der Waals surface area contributed by atoms with Crippen molar-refractivity contribution in [1.29, 1.82) is 0 Å². The second-order valence-electron chi connectivity index (χ2n) is 9.10. The molecule has 0 amide bonds. The highest BCUT2D eigenvalue weighted by molar-refractivity contribution is 6.79. The van der Waals surface area contributed by atoms with E-state index < -0.39 is 34.3 Å². The monoisotopic (exact) mass is 406 g/mol. The van der Waals surface area contributed by atoms with E-state index in [0.29, 0.717) is 31.4 Å². The molecule has 0 aromatic carbocycles. The zero-order valence-electron chi connectivity index (χ0n) is 17.8. The minimum absolute atomic E-state index is 0.270. The standard InChI is InChI=1S/C18H38O6Si2/c1-15(2)16(19)23-18(5,6)12-13-22-17(3,4)11-10-14-26(20,21)24-25(7,8)9/h20-21H,1,10-14H2,2-9H3. The smallest absolute Gasteiger partial charge is 0.456 e. The molecule has 0 heterocycles. The molecule has 0 fully saturated rings. The highest BCUT2D eigenvalue weighted by Crippen LogP contribution is 2.24. The molecule has 0 saturated carbocycles. The van der Waals surface area contributed by atoms with E-state index >= 15 is 0 Å². The van der Waals surface area contributed by atoms with Crippen LogP contribution in [-0.2, 0) is 18.4 Å². The first kappa shape index (κ1) is 25.5. The Morgan fingerprint density at radius 3 is 2.04 bits per heavy atom. The number of hydrogen-bond acceptors (Lipinski definition) is 6. The first-order valence-electron chi connectivity index (χ1n) is 9.12. The fraction of sp³-hybridized carbons (Fsp3) is 0.833. The van der Waals surface area contributed by atoms with Gasteiger partial charge in [-0.25, -0.2) is 4.79 Å². The van der Waals surface area contributed by atoms with Crippen LogP contribution in [0.2, 0.25) is 25.7 Å². The molecule has 0 aromatic heterocycles. The largest absolute Gasteiger partial charge is 0.485 e. The first-order chi connectivity index (χ1) is 11.4. The molecule has 0 radical (unpaired) electrons. The Kier molecular flexibility index (Phi) is 9.42. The van der Waals surface area contributed by atoms with Crippen molar-refractivity contribution in [2.24, 2.45) is 0 Å². The maximum absolute atomic E-state index is 11.6. The highest BCUT2D eigenvalue weighted by atomic mass is 28.5. The van der Waals surface area contributed by atoms with Crippen LogP contribution in [0.5, 0.6) is 0 Å². The van der Waals surface area contributed by atoms with Crippen molar-refractivity contribution in [2.75, 3.05) is 6.61 Å². The maximum atomic E-state index is 11.6. The van der Waals surface area contributed by atoms with Crippen molar-refractivity contribution in [3.8, 4) is 0 Å². The predicted octanol–water partition coefficient (Wildman–Crippen LogP) is 3.62. The molecule has 0 aromatic rings. The third-order valence-electron chi connectivity index (χ3n) is 3.67. The second kappa shape index (κ2) is 9.61. The van der Waals surface area contributed by atoms with E-state index in [1.165, 1.54) is 0 Å². The average molecular weight is 407 g/mol. The third kappa shape index (κ3) is 12.8. The number of carbonyl (C=O) groups excluding carboxylic acids is 1. The lowest BCUT2D eigenvalue weighted by atomic mass is 10.0. The van der Waals surface area contributed by atoms with Crippen LogP contribution >= 0.6 is 0 Å². The minimum Gasteiger partial charge on any atom is -0.456 e. The van der Waals surface area contributed by atoms with Crippen LogP contribution in [-0.4, -0.2) is 50.5 Å². The topological polar surface area (TPSA) is 85.2 Å². The number of ether oxygens (including phenoxy) is 2. The van der Waals surface area contributed by atoms with E-state index in [-0.39, 0.29) is 6.04 Å². The SMILES string of the molecule is C=C(C)C(=O)OC(C)(C)CCOC(C)(C)CCC[Si](O)(O)O[Si](C)(C)C. The Balaban J connectivity index is 4.30. The molecule has 0 saturated heterocycles. The van der Waals surface area contributed by atoms with E-state index in [1.54, 1.807) is 6.92 Å². The first-order valence-corrected chi connectivity index (χ1v) is 14.5. The van der Waals surface area contributed by atoms with Gasteiger partial charge in [-0.3, -0.25) is 0 Å². The molecule has 0 aliphatic rings. The van der Waals surface area contributed by atoms with Crippen LogP contribution in [0.15, 0.2) is 12.2 Å². The van der Waals surface area contributed by atoms with Crippen LogP contribution in [0.3, 0.4) is 0 Å². The van der Waals surface area contributed by atoms with E-state index in [0.717, 1.165) is 0 Å². The predicted molar refractivity (Wildman–Crippen MR) is 108 cm³/mol. The molecule has 0 aliphatic carbocycles. The van der Waals surface area contributed by atoms with E-state index in [4.69, 9.17) is 13.6 Å². The third-order valence-corrected chi connectivity index (χ3v) is 8.43. The van der Waals surface area contributed by atoms with Crippen LogP contribution < -0.4 is 0 Å². The number of carbonyl (C=O) groups is 1. The van der Waals surface area contributed by atoms with Crippen LogP contribution in [0, 0.1) is 0 Å². The summed E-state index contributed by atoms with van der Waals surface area (Å²) in [7, 11) is -5.56. The van der Waals surface area contributed by atoms with Crippen molar-refractivity contribution >= 4 is 23.1 Å².